The monoisotopic (exact) mass is 242 g/mol. The number of rotatable bonds is 0. The molecule has 2 nitrogen and oxygen atoms in total. The molecule has 0 fully saturated rings. The molecule has 0 bridgehead atoms. The quantitative estimate of drug-likeness (QED) is 0.630. The smallest absolute Gasteiger partial charge is 0.186 e. The summed E-state index contributed by atoms with van der Waals surface area (Å²) in [4.78, 5) is 0. The van der Waals surface area contributed by atoms with Crippen LogP contribution in [0, 0.1) is 0 Å². The Morgan fingerprint density at radius 3 is 2.59 bits per heavy atom. The number of azo groups is 1. The van der Waals surface area contributed by atoms with E-state index in [-0.39, 0.29) is 12.0 Å². The van der Waals surface area contributed by atoms with E-state index in [2.05, 4.69) is 10.2 Å². The maximum atomic E-state index is 12.6. The molecule has 2 rings (SSSR count). The number of nitrogens with zero attached hydrogens (tertiary/aromatic N) is 2. The van der Waals surface area contributed by atoms with E-state index >= 15 is 0 Å². The van der Waals surface area contributed by atoms with Gasteiger partial charge in [-0.15, -0.1) is 0 Å². The lowest BCUT2D eigenvalue weighted by Crippen LogP contribution is -2.06. The molecule has 1 aromatic rings. The number of hydrogen-bond donors (Lipinski definition) is 0. The van der Waals surface area contributed by atoms with Crippen molar-refractivity contribution >= 4 is 5.69 Å². The van der Waals surface area contributed by atoms with Crippen LogP contribution in [0.25, 0.3) is 0 Å². The number of alkyl halides is 3. The van der Waals surface area contributed by atoms with E-state index in [9.17, 15) is 13.2 Å². The minimum absolute atomic E-state index is 0.0479. The highest BCUT2D eigenvalue weighted by Gasteiger charge is 2.31. The van der Waals surface area contributed by atoms with E-state index in [1.165, 1.54) is 6.07 Å². The van der Waals surface area contributed by atoms with Crippen LogP contribution in [0.3, 0.4) is 0 Å². The SMILES string of the molecule is CC1CC(C)c2ccc(C(F)(F)F)cc2N=N1. The summed E-state index contributed by atoms with van der Waals surface area (Å²) in [6.45, 7) is 3.90. The van der Waals surface area contributed by atoms with E-state index in [4.69, 9.17) is 0 Å². The van der Waals surface area contributed by atoms with E-state index in [0.29, 0.717) is 5.69 Å². The summed E-state index contributed by atoms with van der Waals surface area (Å²) in [5.74, 6) is 0.178. The van der Waals surface area contributed by atoms with Crippen LogP contribution in [0.5, 0.6) is 0 Å². The van der Waals surface area contributed by atoms with Gasteiger partial charge in [-0.25, -0.2) is 0 Å². The van der Waals surface area contributed by atoms with E-state index in [1.807, 2.05) is 13.8 Å². The molecule has 92 valence electrons. The molecule has 1 heterocycles. The van der Waals surface area contributed by atoms with Crippen LogP contribution in [-0.4, -0.2) is 6.04 Å². The normalized spacial score (nSPS) is 24.3. The van der Waals surface area contributed by atoms with Crippen molar-refractivity contribution in [1.29, 1.82) is 0 Å². The van der Waals surface area contributed by atoms with Gasteiger partial charge in [0.15, 0.2) is 0 Å². The second-order valence-corrected chi connectivity index (χ2v) is 4.47. The first kappa shape index (κ1) is 12.1. The van der Waals surface area contributed by atoms with Crippen molar-refractivity contribution in [2.75, 3.05) is 0 Å². The first-order valence-corrected chi connectivity index (χ1v) is 5.50. The van der Waals surface area contributed by atoms with Crippen molar-refractivity contribution < 1.29 is 13.2 Å². The Morgan fingerprint density at radius 1 is 1.24 bits per heavy atom. The van der Waals surface area contributed by atoms with Gasteiger partial charge >= 0.3 is 6.18 Å². The van der Waals surface area contributed by atoms with Crippen LogP contribution in [0.4, 0.5) is 18.9 Å². The van der Waals surface area contributed by atoms with Gasteiger partial charge in [-0.1, -0.05) is 13.0 Å². The summed E-state index contributed by atoms with van der Waals surface area (Å²) in [6.07, 6.45) is -3.52. The second-order valence-electron chi connectivity index (χ2n) is 4.47. The minimum atomic E-state index is -4.33. The molecule has 0 N–H and O–H groups in total. The Labute approximate surface area is 97.6 Å². The van der Waals surface area contributed by atoms with Crippen LogP contribution >= 0.6 is 0 Å². The Bertz CT molecular complexity index is 452. The molecule has 0 radical (unpaired) electrons. The summed E-state index contributed by atoms with van der Waals surface area (Å²) in [5, 5.41) is 7.91. The Kier molecular flexibility index (Phi) is 2.93. The number of fused-ring (bicyclic) bond motifs is 1. The predicted octanol–water partition coefficient (Wildman–Crippen LogP) is 4.68. The zero-order valence-corrected chi connectivity index (χ0v) is 9.62. The number of halogens is 3. The zero-order chi connectivity index (χ0) is 12.6. The first-order valence-electron chi connectivity index (χ1n) is 5.50. The lowest BCUT2D eigenvalue weighted by atomic mass is 9.93. The molecule has 1 aliphatic rings. The Balaban J connectivity index is 2.48. The van der Waals surface area contributed by atoms with Crippen LogP contribution in [-0.2, 0) is 6.18 Å². The van der Waals surface area contributed by atoms with Crippen molar-refractivity contribution in [2.45, 2.75) is 38.4 Å². The van der Waals surface area contributed by atoms with Gasteiger partial charge in [0.05, 0.1) is 17.3 Å². The average molecular weight is 242 g/mol. The maximum Gasteiger partial charge on any atom is 0.416 e. The molecule has 17 heavy (non-hydrogen) atoms. The third-order valence-electron chi connectivity index (χ3n) is 2.95. The molecule has 0 aliphatic carbocycles. The number of hydrogen-bond acceptors (Lipinski definition) is 2. The minimum Gasteiger partial charge on any atom is -0.186 e. The lowest BCUT2D eigenvalue weighted by molar-refractivity contribution is -0.137. The van der Waals surface area contributed by atoms with Gasteiger partial charge in [-0.05, 0) is 37.0 Å². The summed E-state index contributed by atoms with van der Waals surface area (Å²) in [5.41, 5.74) is 0.514. The highest BCUT2D eigenvalue weighted by Crippen LogP contribution is 2.38. The van der Waals surface area contributed by atoms with Crippen LogP contribution in [0.1, 0.15) is 37.3 Å². The molecule has 0 saturated heterocycles. The Hall–Kier alpha value is -1.39. The standard InChI is InChI=1S/C12H13F3N2/c1-7-5-8(2)16-17-11-6-9(12(13,14)15)3-4-10(7)11/h3-4,6-8H,5H2,1-2H3. The summed E-state index contributed by atoms with van der Waals surface area (Å²) >= 11 is 0. The fraction of sp³-hybridized carbons (Fsp3) is 0.500. The van der Waals surface area contributed by atoms with Crippen molar-refractivity contribution in [3.05, 3.63) is 29.3 Å². The fourth-order valence-corrected chi connectivity index (χ4v) is 2.07. The zero-order valence-electron chi connectivity index (χ0n) is 9.62. The second kappa shape index (κ2) is 4.13. The van der Waals surface area contributed by atoms with Gasteiger partial charge in [0.1, 0.15) is 0 Å². The Morgan fingerprint density at radius 2 is 1.94 bits per heavy atom. The van der Waals surface area contributed by atoms with E-state index < -0.39 is 11.7 Å². The average Bonchev–Trinajstić information content (AvgIpc) is 2.37. The summed E-state index contributed by atoms with van der Waals surface area (Å²) in [6, 6.07) is 3.75. The largest absolute Gasteiger partial charge is 0.416 e. The van der Waals surface area contributed by atoms with Crippen LogP contribution in [0.15, 0.2) is 28.4 Å². The summed E-state index contributed by atoms with van der Waals surface area (Å²) in [7, 11) is 0. The van der Waals surface area contributed by atoms with Gasteiger partial charge in [0.25, 0.3) is 0 Å². The van der Waals surface area contributed by atoms with E-state index in [0.717, 1.165) is 24.1 Å². The molecule has 0 saturated carbocycles. The molecule has 2 unspecified atom stereocenters. The van der Waals surface area contributed by atoms with Gasteiger partial charge in [0, 0.05) is 0 Å². The molecular weight excluding hydrogens is 229 g/mol. The molecule has 0 aromatic heterocycles. The molecule has 0 spiro atoms. The van der Waals surface area contributed by atoms with Gasteiger partial charge in [0.2, 0.25) is 0 Å². The fourth-order valence-electron chi connectivity index (χ4n) is 2.07. The molecule has 0 amide bonds. The van der Waals surface area contributed by atoms with Crippen molar-refractivity contribution in [3.8, 4) is 0 Å². The van der Waals surface area contributed by atoms with E-state index in [1.54, 1.807) is 0 Å². The molecule has 2 atom stereocenters. The van der Waals surface area contributed by atoms with Gasteiger partial charge < -0.3 is 0 Å². The predicted molar refractivity (Wildman–Crippen MR) is 58.5 cm³/mol. The topological polar surface area (TPSA) is 24.7 Å². The molecule has 1 aromatic carbocycles. The van der Waals surface area contributed by atoms with Crippen LogP contribution in [0.2, 0.25) is 0 Å². The molecule has 5 heteroatoms. The highest BCUT2D eigenvalue weighted by atomic mass is 19.4. The lowest BCUT2D eigenvalue weighted by Gasteiger charge is -2.14. The van der Waals surface area contributed by atoms with Crippen molar-refractivity contribution in [2.24, 2.45) is 10.2 Å². The van der Waals surface area contributed by atoms with Gasteiger partial charge in [-0.2, -0.15) is 23.4 Å². The third-order valence-corrected chi connectivity index (χ3v) is 2.95. The first-order chi connectivity index (χ1) is 7.88. The van der Waals surface area contributed by atoms with Crippen LogP contribution < -0.4 is 0 Å². The summed E-state index contributed by atoms with van der Waals surface area (Å²) < 4.78 is 37.7. The van der Waals surface area contributed by atoms with Crippen molar-refractivity contribution in [3.63, 3.8) is 0 Å². The third kappa shape index (κ3) is 2.48. The molecule has 1 aliphatic heterocycles. The highest BCUT2D eigenvalue weighted by molar-refractivity contribution is 5.51. The van der Waals surface area contributed by atoms with Crippen molar-refractivity contribution in [1.82, 2.24) is 0 Å². The van der Waals surface area contributed by atoms with Gasteiger partial charge in [-0.3, -0.25) is 0 Å². The maximum absolute atomic E-state index is 12.6. The number of benzene rings is 1. The molecular formula is C12H13F3N2.